The summed E-state index contributed by atoms with van der Waals surface area (Å²) < 4.78 is 38.6. The lowest BCUT2D eigenvalue weighted by Gasteiger charge is -2.21. The number of hydrogen-bond acceptors (Lipinski definition) is 6. The highest BCUT2D eigenvalue weighted by Gasteiger charge is 2.33. The molecule has 3 aromatic rings. The van der Waals surface area contributed by atoms with Crippen LogP contribution in [0.2, 0.25) is 10.0 Å². The fourth-order valence-corrected chi connectivity index (χ4v) is 3.77. The van der Waals surface area contributed by atoms with Crippen LogP contribution in [0.25, 0.3) is 5.70 Å². The highest BCUT2D eigenvalue weighted by atomic mass is 35.5. The predicted molar refractivity (Wildman–Crippen MR) is 128 cm³/mol. The number of ether oxygens (including phenoxy) is 2. The minimum Gasteiger partial charge on any atom is -0.493 e. The molecule has 4 rings (SSSR count). The van der Waals surface area contributed by atoms with Crippen LogP contribution in [-0.4, -0.2) is 30.2 Å². The minimum absolute atomic E-state index is 0.0181. The molecule has 2 N–H and O–H groups in total. The number of hydrogen-bond donors (Lipinski definition) is 2. The number of methoxy groups -OCH3 is 1. The maximum atomic E-state index is 14.1. The van der Waals surface area contributed by atoms with Gasteiger partial charge in [0.15, 0.2) is 11.5 Å². The molecule has 1 aliphatic heterocycles. The third kappa shape index (κ3) is 5.48. The first-order valence-corrected chi connectivity index (χ1v) is 11.0. The molecule has 7 nitrogen and oxygen atoms in total. The third-order valence-electron chi connectivity index (χ3n) is 5.10. The van der Waals surface area contributed by atoms with Crippen LogP contribution in [0, 0.1) is 11.6 Å². The summed E-state index contributed by atoms with van der Waals surface area (Å²) in [5.41, 5.74) is 2.62. The van der Waals surface area contributed by atoms with Gasteiger partial charge >= 0.3 is 0 Å². The van der Waals surface area contributed by atoms with Crippen molar-refractivity contribution in [3.8, 4) is 11.5 Å². The molecule has 1 aromatic heterocycles. The standard InChI is InChI=1S/C24H19Cl2F2N3O4/c1-24(9-19(31-35-24)15-5-4-14(27)8-18(15)28)12-34-21-7-13(3-6-20(21)33-2)23(32)30-22-16(25)10-29-11-17(22)26/h3-11,31H,12H2,1-2H3,(H,29,30,32). The Balaban J connectivity index is 1.51. The summed E-state index contributed by atoms with van der Waals surface area (Å²) in [6.45, 7) is 1.70. The van der Waals surface area contributed by atoms with E-state index in [1.165, 1.54) is 31.6 Å². The van der Waals surface area contributed by atoms with Crippen molar-refractivity contribution >= 4 is 40.5 Å². The van der Waals surface area contributed by atoms with E-state index in [9.17, 15) is 13.6 Å². The van der Waals surface area contributed by atoms with Gasteiger partial charge in [-0.05, 0) is 43.3 Å². The van der Waals surface area contributed by atoms with Gasteiger partial charge in [-0.25, -0.2) is 8.78 Å². The van der Waals surface area contributed by atoms with Gasteiger partial charge in [-0.1, -0.05) is 23.2 Å². The van der Waals surface area contributed by atoms with Crippen LogP contribution < -0.4 is 20.3 Å². The molecule has 2 aromatic carbocycles. The van der Waals surface area contributed by atoms with Gasteiger partial charge in [-0.15, -0.1) is 0 Å². The first kappa shape index (κ1) is 24.7. The average Bonchev–Trinajstić information content (AvgIpc) is 3.21. The fraction of sp³-hybridized carbons (Fsp3) is 0.167. The minimum atomic E-state index is -1.00. The zero-order chi connectivity index (χ0) is 25.2. The lowest BCUT2D eigenvalue weighted by molar-refractivity contribution is -0.0476. The van der Waals surface area contributed by atoms with Crippen LogP contribution in [0.15, 0.2) is 54.9 Å². The Kier molecular flexibility index (Phi) is 7.11. The Morgan fingerprint density at radius 1 is 1.14 bits per heavy atom. The number of hydroxylamine groups is 1. The van der Waals surface area contributed by atoms with Gasteiger partial charge in [0.25, 0.3) is 5.91 Å². The Morgan fingerprint density at radius 2 is 1.89 bits per heavy atom. The lowest BCUT2D eigenvalue weighted by Crippen LogP contribution is -2.33. The lowest BCUT2D eigenvalue weighted by atomic mass is 10.0. The van der Waals surface area contributed by atoms with Gasteiger partial charge in [0.1, 0.15) is 23.8 Å². The van der Waals surface area contributed by atoms with Gasteiger partial charge in [-0.2, -0.15) is 0 Å². The van der Waals surface area contributed by atoms with Gasteiger partial charge in [-0.3, -0.25) is 20.1 Å². The van der Waals surface area contributed by atoms with Crippen LogP contribution in [0.4, 0.5) is 14.5 Å². The van der Waals surface area contributed by atoms with E-state index in [0.717, 1.165) is 12.1 Å². The smallest absolute Gasteiger partial charge is 0.255 e. The number of anilines is 1. The molecule has 0 fully saturated rings. The van der Waals surface area contributed by atoms with Gasteiger partial charge in [0.05, 0.1) is 28.5 Å². The molecule has 0 spiro atoms. The summed E-state index contributed by atoms with van der Waals surface area (Å²) in [4.78, 5) is 22.2. The first-order valence-electron chi connectivity index (χ1n) is 10.2. The Bertz CT molecular complexity index is 1300. The molecule has 0 aliphatic carbocycles. The Hall–Kier alpha value is -3.40. The Morgan fingerprint density at radius 3 is 2.57 bits per heavy atom. The maximum absolute atomic E-state index is 14.1. The summed E-state index contributed by atoms with van der Waals surface area (Å²) in [6, 6.07) is 7.87. The molecular weight excluding hydrogens is 503 g/mol. The highest BCUT2D eigenvalue weighted by Crippen LogP contribution is 2.33. The number of carbonyl (C=O) groups is 1. The van der Waals surface area contributed by atoms with Crippen molar-refractivity contribution < 1.29 is 27.9 Å². The molecule has 35 heavy (non-hydrogen) atoms. The summed E-state index contributed by atoms with van der Waals surface area (Å²) >= 11 is 12.2. The Labute approximate surface area is 209 Å². The topological polar surface area (TPSA) is 81.7 Å². The number of nitrogens with zero attached hydrogens (tertiary/aromatic N) is 1. The second kappa shape index (κ2) is 10.1. The van der Waals surface area contributed by atoms with Crippen molar-refractivity contribution in [2.45, 2.75) is 12.5 Å². The number of rotatable bonds is 7. The first-order chi connectivity index (χ1) is 16.7. The summed E-state index contributed by atoms with van der Waals surface area (Å²) in [5.74, 6) is -1.24. The molecule has 1 atom stereocenters. The fourth-order valence-electron chi connectivity index (χ4n) is 3.32. The van der Waals surface area contributed by atoms with Crippen molar-refractivity contribution in [1.29, 1.82) is 0 Å². The summed E-state index contributed by atoms with van der Waals surface area (Å²) in [5, 5.41) is 3.03. The molecule has 0 radical (unpaired) electrons. The maximum Gasteiger partial charge on any atom is 0.255 e. The van der Waals surface area contributed by atoms with Crippen LogP contribution >= 0.6 is 23.2 Å². The number of benzene rings is 2. The van der Waals surface area contributed by atoms with Crippen LogP contribution in [0.3, 0.4) is 0 Å². The van der Waals surface area contributed by atoms with Crippen molar-refractivity contribution in [1.82, 2.24) is 10.5 Å². The third-order valence-corrected chi connectivity index (χ3v) is 5.67. The van der Waals surface area contributed by atoms with E-state index < -0.39 is 23.1 Å². The number of halogens is 4. The van der Waals surface area contributed by atoms with E-state index in [-0.39, 0.29) is 39.2 Å². The zero-order valence-electron chi connectivity index (χ0n) is 18.5. The van der Waals surface area contributed by atoms with Crippen molar-refractivity contribution in [3.05, 3.63) is 87.7 Å². The molecule has 1 amide bonds. The molecule has 1 aliphatic rings. The van der Waals surface area contributed by atoms with E-state index in [1.807, 2.05) is 0 Å². The average molecular weight is 522 g/mol. The van der Waals surface area contributed by atoms with E-state index in [0.29, 0.717) is 11.4 Å². The van der Waals surface area contributed by atoms with E-state index in [2.05, 4.69) is 15.8 Å². The number of amides is 1. The summed E-state index contributed by atoms with van der Waals surface area (Å²) in [6.07, 6.45) is 4.35. The van der Waals surface area contributed by atoms with E-state index in [4.69, 9.17) is 37.5 Å². The van der Waals surface area contributed by atoms with Gasteiger partial charge in [0.2, 0.25) is 0 Å². The molecule has 182 valence electrons. The second-order valence-electron chi connectivity index (χ2n) is 7.79. The quantitative estimate of drug-likeness (QED) is 0.418. The highest BCUT2D eigenvalue weighted by molar-refractivity contribution is 6.39. The normalized spacial score (nSPS) is 16.9. The molecule has 2 heterocycles. The van der Waals surface area contributed by atoms with Gasteiger partial charge in [0, 0.05) is 29.6 Å². The largest absolute Gasteiger partial charge is 0.493 e. The molecule has 0 saturated heterocycles. The molecule has 0 saturated carbocycles. The van der Waals surface area contributed by atoms with E-state index >= 15 is 0 Å². The second-order valence-corrected chi connectivity index (χ2v) is 8.60. The van der Waals surface area contributed by atoms with Crippen LogP contribution in [-0.2, 0) is 4.84 Å². The predicted octanol–water partition coefficient (Wildman–Crippen LogP) is 5.64. The number of pyridine rings is 1. The zero-order valence-corrected chi connectivity index (χ0v) is 20.0. The molecule has 1 unspecified atom stereocenters. The van der Waals surface area contributed by atoms with Crippen molar-refractivity contribution in [3.63, 3.8) is 0 Å². The molecular formula is C24H19Cl2F2N3O4. The number of aromatic nitrogens is 1. The van der Waals surface area contributed by atoms with Gasteiger partial charge < -0.3 is 14.8 Å². The monoisotopic (exact) mass is 521 g/mol. The molecule has 11 heteroatoms. The molecule has 0 bridgehead atoms. The van der Waals surface area contributed by atoms with Crippen LogP contribution in [0.1, 0.15) is 22.8 Å². The van der Waals surface area contributed by atoms with Crippen molar-refractivity contribution in [2.75, 3.05) is 19.0 Å². The SMILES string of the molecule is COc1ccc(C(=O)Nc2c(Cl)cncc2Cl)cc1OCC1(C)C=C(c2ccc(F)cc2F)NO1. The number of carbonyl (C=O) groups excluding carboxylic acids is 1. The van der Waals surface area contributed by atoms with Crippen LogP contribution in [0.5, 0.6) is 11.5 Å². The summed E-state index contributed by atoms with van der Waals surface area (Å²) in [7, 11) is 1.46. The number of nitrogens with one attached hydrogen (secondary N) is 2. The van der Waals surface area contributed by atoms with E-state index in [1.54, 1.807) is 25.1 Å². The van der Waals surface area contributed by atoms with Crippen molar-refractivity contribution in [2.24, 2.45) is 0 Å².